The molecule has 108 valence electrons. The summed E-state index contributed by atoms with van der Waals surface area (Å²) in [6.07, 6.45) is 0. The number of carbonyl (C=O) groups is 2. The molecule has 0 spiro atoms. The van der Waals surface area contributed by atoms with Gasteiger partial charge in [-0.3, -0.25) is 9.59 Å². The Hall–Kier alpha value is -2.42. The molecule has 2 unspecified atom stereocenters. The predicted molar refractivity (Wildman–Crippen MR) is 81.7 cm³/mol. The Morgan fingerprint density at radius 3 is 1.86 bits per heavy atom. The molecule has 0 saturated carbocycles. The average molecular weight is 282 g/mol. The second-order valence-corrected chi connectivity index (χ2v) is 5.18. The lowest BCUT2D eigenvalue weighted by Crippen LogP contribution is -2.11. The van der Waals surface area contributed by atoms with Crippen molar-refractivity contribution >= 4 is 11.8 Å². The lowest BCUT2D eigenvalue weighted by Gasteiger charge is -2.12. The fraction of sp³-hybridized carbons (Fsp3) is 0.222. The Kier molecular flexibility index (Phi) is 4.53. The van der Waals surface area contributed by atoms with Crippen molar-refractivity contribution in [1.29, 1.82) is 0 Å². The molecular formula is C18H18O3. The van der Waals surface area contributed by atoms with Crippen LogP contribution in [0.1, 0.15) is 47.2 Å². The van der Waals surface area contributed by atoms with Gasteiger partial charge < -0.3 is 5.11 Å². The van der Waals surface area contributed by atoms with Gasteiger partial charge in [0.2, 0.25) is 0 Å². The summed E-state index contributed by atoms with van der Waals surface area (Å²) in [6, 6.07) is 16.4. The van der Waals surface area contributed by atoms with Crippen LogP contribution in [-0.2, 0) is 4.79 Å². The third-order valence-electron chi connectivity index (χ3n) is 3.76. The van der Waals surface area contributed by atoms with Crippen LogP contribution in [0.4, 0.5) is 0 Å². The van der Waals surface area contributed by atoms with Gasteiger partial charge in [0.15, 0.2) is 5.78 Å². The predicted octanol–water partition coefficient (Wildman–Crippen LogP) is 3.86. The van der Waals surface area contributed by atoms with Gasteiger partial charge in [0.05, 0.1) is 5.92 Å². The van der Waals surface area contributed by atoms with Crippen LogP contribution in [0.5, 0.6) is 0 Å². The summed E-state index contributed by atoms with van der Waals surface area (Å²) in [5.74, 6) is -1.61. The molecule has 21 heavy (non-hydrogen) atoms. The van der Waals surface area contributed by atoms with Crippen molar-refractivity contribution in [3.63, 3.8) is 0 Å². The van der Waals surface area contributed by atoms with E-state index in [1.807, 2.05) is 37.3 Å². The van der Waals surface area contributed by atoms with Crippen molar-refractivity contribution in [2.24, 2.45) is 0 Å². The van der Waals surface area contributed by atoms with Gasteiger partial charge >= 0.3 is 5.97 Å². The highest BCUT2D eigenvalue weighted by Crippen LogP contribution is 2.22. The fourth-order valence-corrected chi connectivity index (χ4v) is 2.22. The zero-order chi connectivity index (χ0) is 15.4. The first-order valence-corrected chi connectivity index (χ1v) is 6.92. The minimum atomic E-state index is -0.869. The van der Waals surface area contributed by atoms with Gasteiger partial charge in [0, 0.05) is 11.5 Å². The van der Waals surface area contributed by atoms with Crippen LogP contribution in [0.15, 0.2) is 54.6 Å². The molecule has 1 N–H and O–H groups in total. The van der Waals surface area contributed by atoms with E-state index in [4.69, 9.17) is 5.11 Å². The van der Waals surface area contributed by atoms with E-state index >= 15 is 0 Å². The number of aliphatic carboxylic acids is 1. The molecule has 0 aromatic heterocycles. The second kappa shape index (κ2) is 6.35. The fourth-order valence-electron chi connectivity index (χ4n) is 2.22. The van der Waals surface area contributed by atoms with Crippen LogP contribution in [0.2, 0.25) is 0 Å². The summed E-state index contributed by atoms with van der Waals surface area (Å²) >= 11 is 0. The number of benzene rings is 2. The van der Waals surface area contributed by atoms with Crippen LogP contribution in [0.3, 0.4) is 0 Å². The Morgan fingerprint density at radius 1 is 0.810 bits per heavy atom. The van der Waals surface area contributed by atoms with E-state index in [2.05, 4.69) is 0 Å². The van der Waals surface area contributed by atoms with Gasteiger partial charge in [-0.15, -0.1) is 0 Å². The minimum absolute atomic E-state index is 0.0377. The van der Waals surface area contributed by atoms with Crippen LogP contribution in [0.25, 0.3) is 0 Å². The number of carboxylic acid groups (broad SMARTS) is 1. The average Bonchev–Trinajstić information content (AvgIpc) is 2.53. The molecule has 2 atom stereocenters. The Balaban J connectivity index is 2.19. The van der Waals surface area contributed by atoms with Crippen molar-refractivity contribution in [3.8, 4) is 0 Å². The monoisotopic (exact) mass is 282 g/mol. The second-order valence-electron chi connectivity index (χ2n) is 5.18. The summed E-state index contributed by atoms with van der Waals surface area (Å²) in [6.45, 7) is 3.51. The first kappa shape index (κ1) is 15.0. The first-order chi connectivity index (χ1) is 10.0. The molecular weight excluding hydrogens is 264 g/mol. The van der Waals surface area contributed by atoms with E-state index in [1.165, 1.54) is 0 Å². The van der Waals surface area contributed by atoms with Gasteiger partial charge in [0.25, 0.3) is 0 Å². The third kappa shape index (κ3) is 3.37. The highest BCUT2D eigenvalue weighted by molar-refractivity contribution is 6.00. The number of rotatable bonds is 5. The molecule has 2 aromatic rings. The standard InChI is InChI=1S/C18H18O3/c1-12(14-6-4-3-5-7-14)17(19)16-10-8-15(9-11-16)13(2)18(20)21/h3-13H,1-2H3,(H,20,21). The lowest BCUT2D eigenvalue weighted by atomic mass is 9.91. The lowest BCUT2D eigenvalue weighted by molar-refractivity contribution is -0.138. The SMILES string of the molecule is CC(C(=O)O)c1ccc(C(=O)C(C)c2ccccc2)cc1. The van der Waals surface area contributed by atoms with Crippen LogP contribution < -0.4 is 0 Å². The highest BCUT2D eigenvalue weighted by atomic mass is 16.4. The first-order valence-electron chi connectivity index (χ1n) is 6.92. The summed E-state index contributed by atoms with van der Waals surface area (Å²) < 4.78 is 0. The van der Waals surface area contributed by atoms with Crippen molar-refractivity contribution < 1.29 is 14.7 Å². The van der Waals surface area contributed by atoms with Crippen molar-refractivity contribution in [3.05, 3.63) is 71.3 Å². The molecule has 0 aliphatic heterocycles. The van der Waals surface area contributed by atoms with Crippen LogP contribution >= 0.6 is 0 Å². The van der Waals surface area contributed by atoms with Crippen molar-refractivity contribution in [1.82, 2.24) is 0 Å². The molecule has 3 heteroatoms. The maximum Gasteiger partial charge on any atom is 0.310 e. The number of hydrogen-bond donors (Lipinski definition) is 1. The van der Waals surface area contributed by atoms with Crippen LogP contribution in [-0.4, -0.2) is 16.9 Å². The van der Waals surface area contributed by atoms with E-state index in [9.17, 15) is 9.59 Å². The molecule has 2 rings (SSSR count). The van der Waals surface area contributed by atoms with Crippen LogP contribution in [0, 0.1) is 0 Å². The summed E-state index contributed by atoms with van der Waals surface area (Å²) in [4.78, 5) is 23.4. The van der Waals surface area contributed by atoms with Gasteiger partial charge in [-0.25, -0.2) is 0 Å². The number of carbonyl (C=O) groups excluding carboxylic acids is 1. The van der Waals surface area contributed by atoms with Gasteiger partial charge in [-0.05, 0) is 18.1 Å². The Bertz CT molecular complexity index is 629. The molecule has 0 saturated heterocycles. The third-order valence-corrected chi connectivity index (χ3v) is 3.76. The largest absolute Gasteiger partial charge is 0.481 e. The molecule has 3 nitrogen and oxygen atoms in total. The molecule has 2 aromatic carbocycles. The highest BCUT2D eigenvalue weighted by Gasteiger charge is 2.18. The zero-order valence-corrected chi connectivity index (χ0v) is 12.1. The summed E-state index contributed by atoms with van der Waals surface area (Å²) in [5, 5.41) is 8.98. The van der Waals surface area contributed by atoms with Gasteiger partial charge in [-0.1, -0.05) is 61.5 Å². The molecule has 0 fully saturated rings. The van der Waals surface area contributed by atoms with E-state index in [1.54, 1.807) is 31.2 Å². The maximum absolute atomic E-state index is 12.4. The number of ketones is 1. The Labute approximate surface area is 124 Å². The zero-order valence-electron chi connectivity index (χ0n) is 12.1. The Morgan fingerprint density at radius 2 is 1.33 bits per heavy atom. The number of Topliss-reactive ketones (excluding diaryl/α,β-unsaturated/α-hetero) is 1. The maximum atomic E-state index is 12.4. The van der Waals surface area contributed by atoms with Crippen molar-refractivity contribution in [2.45, 2.75) is 25.7 Å². The van der Waals surface area contributed by atoms with E-state index in [0.29, 0.717) is 11.1 Å². The molecule has 0 aliphatic rings. The smallest absolute Gasteiger partial charge is 0.310 e. The van der Waals surface area contributed by atoms with Gasteiger partial charge in [0.1, 0.15) is 0 Å². The minimum Gasteiger partial charge on any atom is -0.481 e. The number of carboxylic acids is 1. The van der Waals surface area contributed by atoms with E-state index in [0.717, 1.165) is 5.56 Å². The molecule has 0 bridgehead atoms. The molecule has 0 radical (unpaired) electrons. The van der Waals surface area contributed by atoms with E-state index < -0.39 is 11.9 Å². The molecule has 0 aliphatic carbocycles. The molecule has 0 amide bonds. The topological polar surface area (TPSA) is 54.4 Å². The summed E-state index contributed by atoms with van der Waals surface area (Å²) in [5.41, 5.74) is 2.28. The molecule has 0 heterocycles. The van der Waals surface area contributed by atoms with E-state index in [-0.39, 0.29) is 11.7 Å². The number of hydrogen-bond acceptors (Lipinski definition) is 2. The van der Waals surface area contributed by atoms with Crippen molar-refractivity contribution in [2.75, 3.05) is 0 Å². The normalized spacial score (nSPS) is 13.4. The quantitative estimate of drug-likeness (QED) is 0.847. The van der Waals surface area contributed by atoms with Gasteiger partial charge in [-0.2, -0.15) is 0 Å². The summed E-state index contributed by atoms with van der Waals surface area (Å²) in [7, 11) is 0.